The van der Waals surface area contributed by atoms with Crippen LogP contribution in [0, 0.1) is 11.6 Å². The van der Waals surface area contributed by atoms with Gasteiger partial charge in [0.2, 0.25) is 0 Å². The van der Waals surface area contributed by atoms with Crippen molar-refractivity contribution in [3.63, 3.8) is 0 Å². The summed E-state index contributed by atoms with van der Waals surface area (Å²) >= 11 is 11.7. The fraction of sp³-hybridized carbons (Fsp3) is 0.125. The molecule has 0 fully saturated rings. The molecule has 1 amide bonds. The zero-order valence-corrected chi connectivity index (χ0v) is 13.8. The summed E-state index contributed by atoms with van der Waals surface area (Å²) in [5, 5.41) is 3.09. The minimum atomic E-state index is -1.19. The molecule has 1 N–H and O–H groups in total. The standard InChI is InChI=1S/C16H11Cl2F2NO3/c1-8(15(22)21-14-5-3-10(17)7-11(14)18)24-16(23)9-2-4-12(19)13(20)6-9/h2-8H,1H3,(H,21,22). The Balaban J connectivity index is 2.02. The van der Waals surface area contributed by atoms with Crippen LogP contribution in [0.15, 0.2) is 36.4 Å². The van der Waals surface area contributed by atoms with Crippen LogP contribution in [0.4, 0.5) is 14.5 Å². The van der Waals surface area contributed by atoms with Crippen LogP contribution in [0.1, 0.15) is 17.3 Å². The summed E-state index contributed by atoms with van der Waals surface area (Å²) in [6.07, 6.45) is -1.18. The van der Waals surface area contributed by atoms with Gasteiger partial charge in [0.15, 0.2) is 17.7 Å². The highest BCUT2D eigenvalue weighted by atomic mass is 35.5. The van der Waals surface area contributed by atoms with Crippen LogP contribution in [0.5, 0.6) is 0 Å². The lowest BCUT2D eigenvalue weighted by Gasteiger charge is -2.14. The van der Waals surface area contributed by atoms with Crippen LogP contribution in [0.2, 0.25) is 10.0 Å². The molecular weight excluding hydrogens is 363 g/mol. The third-order valence-electron chi connectivity index (χ3n) is 3.00. The number of carbonyl (C=O) groups excluding carboxylic acids is 2. The number of ether oxygens (including phenoxy) is 1. The van der Waals surface area contributed by atoms with Crippen LogP contribution >= 0.6 is 23.2 Å². The van der Waals surface area contributed by atoms with E-state index in [2.05, 4.69) is 5.32 Å². The summed E-state index contributed by atoms with van der Waals surface area (Å²) in [6, 6.07) is 7.01. The molecule has 2 rings (SSSR count). The van der Waals surface area contributed by atoms with Gasteiger partial charge in [0.25, 0.3) is 5.91 Å². The minimum Gasteiger partial charge on any atom is -0.449 e. The van der Waals surface area contributed by atoms with E-state index in [1.165, 1.54) is 25.1 Å². The first-order valence-corrected chi connectivity index (χ1v) is 7.45. The molecule has 0 saturated carbocycles. The number of hydrogen-bond acceptors (Lipinski definition) is 3. The summed E-state index contributed by atoms with van der Waals surface area (Å²) in [4.78, 5) is 23.9. The van der Waals surface area contributed by atoms with Gasteiger partial charge >= 0.3 is 5.97 Å². The quantitative estimate of drug-likeness (QED) is 0.805. The van der Waals surface area contributed by atoms with Gasteiger partial charge in [-0.3, -0.25) is 4.79 Å². The van der Waals surface area contributed by atoms with Crippen LogP contribution in [-0.2, 0) is 9.53 Å². The topological polar surface area (TPSA) is 55.4 Å². The summed E-state index contributed by atoms with van der Waals surface area (Å²) in [5.74, 6) is -3.88. The van der Waals surface area contributed by atoms with Crippen LogP contribution in [0.25, 0.3) is 0 Å². The molecule has 0 heterocycles. The van der Waals surface area contributed by atoms with E-state index < -0.39 is 29.6 Å². The lowest BCUT2D eigenvalue weighted by atomic mass is 10.2. The van der Waals surface area contributed by atoms with Gasteiger partial charge in [-0.05, 0) is 43.3 Å². The highest BCUT2D eigenvalue weighted by molar-refractivity contribution is 6.36. The van der Waals surface area contributed by atoms with Gasteiger partial charge in [0.1, 0.15) is 0 Å². The predicted octanol–water partition coefficient (Wildman–Crippen LogP) is 4.46. The SMILES string of the molecule is CC(OC(=O)c1ccc(F)c(F)c1)C(=O)Nc1ccc(Cl)cc1Cl. The molecule has 4 nitrogen and oxygen atoms in total. The molecule has 8 heteroatoms. The van der Waals surface area contributed by atoms with Gasteiger partial charge in [0.05, 0.1) is 16.3 Å². The highest BCUT2D eigenvalue weighted by Gasteiger charge is 2.20. The van der Waals surface area contributed by atoms with E-state index >= 15 is 0 Å². The number of hydrogen-bond donors (Lipinski definition) is 1. The van der Waals surface area contributed by atoms with Crippen molar-refractivity contribution in [2.75, 3.05) is 5.32 Å². The first kappa shape index (κ1) is 18.2. The van der Waals surface area contributed by atoms with Gasteiger partial charge in [-0.2, -0.15) is 0 Å². The molecule has 2 aromatic carbocycles. The van der Waals surface area contributed by atoms with E-state index in [1.54, 1.807) is 0 Å². The number of benzene rings is 2. The van der Waals surface area contributed by atoms with Gasteiger partial charge < -0.3 is 10.1 Å². The first-order valence-electron chi connectivity index (χ1n) is 6.70. The predicted molar refractivity (Wildman–Crippen MR) is 86.3 cm³/mol. The van der Waals surface area contributed by atoms with E-state index in [0.29, 0.717) is 16.8 Å². The molecule has 0 bridgehead atoms. The Morgan fingerprint density at radius 1 is 1.08 bits per heavy atom. The maximum atomic E-state index is 13.1. The lowest BCUT2D eigenvalue weighted by Crippen LogP contribution is -2.30. The van der Waals surface area contributed by atoms with Crippen LogP contribution < -0.4 is 5.32 Å². The van der Waals surface area contributed by atoms with E-state index in [9.17, 15) is 18.4 Å². The van der Waals surface area contributed by atoms with Crippen molar-refractivity contribution in [2.24, 2.45) is 0 Å². The smallest absolute Gasteiger partial charge is 0.339 e. The summed E-state index contributed by atoms with van der Waals surface area (Å²) < 4.78 is 30.9. The van der Waals surface area contributed by atoms with Gasteiger partial charge in [-0.25, -0.2) is 13.6 Å². The number of halogens is 4. The summed E-state index contributed by atoms with van der Waals surface area (Å²) in [5.41, 5.74) is 0.0832. The average molecular weight is 374 g/mol. The maximum Gasteiger partial charge on any atom is 0.339 e. The molecule has 0 aliphatic rings. The van der Waals surface area contributed by atoms with Crippen molar-refractivity contribution >= 4 is 40.8 Å². The van der Waals surface area contributed by atoms with Gasteiger partial charge in [0, 0.05) is 5.02 Å². The molecule has 2 aromatic rings. The number of anilines is 1. The van der Waals surface area contributed by atoms with Crippen LogP contribution in [-0.4, -0.2) is 18.0 Å². The number of rotatable bonds is 4. The molecule has 0 aromatic heterocycles. The Morgan fingerprint density at radius 3 is 2.42 bits per heavy atom. The molecule has 1 atom stereocenters. The van der Waals surface area contributed by atoms with E-state index in [0.717, 1.165) is 12.1 Å². The third kappa shape index (κ3) is 4.43. The Labute approximate surface area is 146 Å². The Morgan fingerprint density at radius 2 is 1.79 bits per heavy atom. The maximum absolute atomic E-state index is 13.1. The van der Waals surface area contributed by atoms with Crippen molar-refractivity contribution in [3.05, 3.63) is 63.6 Å². The Kier molecular flexibility index (Phi) is 5.75. The lowest BCUT2D eigenvalue weighted by molar-refractivity contribution is -0.123. The summed E-state index contributed by atoms with van der Waals surface area (Å²) in [6.45, 7) is 1.33. The van der Waals surface area contributed by atoms with Crippen molar-refractivity contribution < 1.29 is 23.1 Å². The zero-order chi connectivity index (χ0) is 17.9. The largest absolute Gasteiger partial charge is 0.449 e. The molecule has 0 radical (unpaired) electrons. The molecular formula is C16H11Cl2F2NO3. The molecule has 0 aliphatic heterocycles. The van der Waals surface area contributed by atoms with Crippen LogP contribution in [0.3, 0.4) is 0 Å². The van der Waals surface area contributed by atoms with Crippen molar-refractivity contribution in [2.45, 2.75) is 13.0 Å². The fourth-order valence-electron chi connectivity index (χ4n) is 1.73. The minimum absolute atomic E-state index is 0.210. The normalized spacial score (nSPS) is 11.7. The number of nitrogens with one attached hydrogen (secondary N) is 1. The van der Waals surface area contributed by atoms with E-state index in [4.69, 9.17) is 27.9 Å². The zero-order valence-electron chi connectivity index (χ0n) is 12.3. The second-order valence-corrected chi connectivity index (χ2v) is 5.63. The van der Waals surface area contributed by atoms with E-state index in [-0.39, 0.29) is 10.6 Å². The molecule has 0 saturated heterocycles. The Bertz CT molecular complexity index is 799. The molecule has 126 valence electrons. The average Bonchev–Trinajstić information content (AvgIpc) is 2.52. The molecule has 0 spiro atoms. The second kappa shape index (κ2) is 7.59. The number of esters is 1. The van der Waals surface area contributed by atoms with Gasteiger partial charge in [-0.1, -0.05) is 23.2 Å². The number of carbonyl (C=O) groups is 2. The van der Waals surface area contributed by atoms with Crippen molar-refractivity contribution in [1.29, 1.82) is 0 Å². The molecule has 1 unspecified atom stereocenters. The van der Waals surface area contributed by atoms with Crippen molar-refractivity contribution in [3.8, 4) is 0 Å². The highest BCUT2D eigenvalue weighted by Crippen LogP contribution is 2.25. The molecule has 24 heavy (non-hydrogen) atoms. The Hall–Kier alpha value is -2.18. The third-order valence-corrected chi connectivity index (χ3v) is 3.55. The molecule has 0 aliphatic carbocycles. The monoisotopic (exact) mass is 373 g/mol. The van der Waals surface area contributed by atoms with Gasteiger partial charge in [-0.15, -0.1) is 0 Å². The van der Waals surface area contributed by atoms with Crippen molar-refractivity contribution in [1.82, 2.24) is 0 Å². The number of amides is 1. The second-order valence-electron chi connectivity index (χ2n) is 4.79. The fourth-order valence-corrected chi connectivity index (χ4v) is 2.19. The first-order chi connectivity index (χ1) is 11.3. The summed E-state index contributed by atoms with van der Waals surface area (Å²) in [7, 11) is 0. The van der Waals surface area contributed by atoms with E-state index in [1.807, 2.05) is 0 Å².